The van der Waals surface area contributed by atoms with Crippen LogP contribution in [0.25, 0.3) is 0 Å². The van der Waals surface area contributed by atoms with E-state index in [1.165, 1.54) is 0 Å². The van der Waals surface area contributed by atoms with E-state index >= 15 is 0 Å². The van der Waals surface area contributed by atoms with Crippen molar-refractivity contribution >= 4 is 5.97 Å². The Hall–Kier alpha value is -2.17. The SMILES string of the molecule is COC(=O)c1c(C(F)F)ccc(C(F)(F)F)c1C#N. The molecule has 0 aliphatic carbocycles. The second-order valence-corrected chi connectivity index (χ2v) is 3.35. The van der Waals surface area contributed by atoms with Crippen molar-refractivity contribution in [3.05, 3.63) is 34.4 Å². The van der Waals surface area contributed by atoms with Crippen LogP contribution in [-0.2, 0) is 10.9 Å². The fourth-order valence-corrected chi connectivity index (χ4v) is 1.47. The van der Waals surface area contributed by atoms with E-state index in [9.17, 15) is 26.7 Å². The Balaban J connectivity index is 3.71. The highest BCUT2D eigenvalue weighted by molar-refractivity contribution is 5.94. The summed E-state index contributed by atoms with van der Waals surface area (Å²) in [4.78, 5) is 11.3. The van der Waals surface area contributed by atoms with Crippen molar-refractivity contribution in [2.75, 3.05) is 7.11 Å². The third kappa shape index (κ3) is 2.81. The topological polar surface area (TPSA) is 50.1 Å². The molecule has 8 heteroatoms. The molecule has 0 saturated carbocycles. The molecule has 0 spiro atoms. The maximum Gasteiger partial charge on any atom is 0.417 e. The Labute approximate surface area is 104 Å². The molecule has 0 atom stereocenters. The molecule has 1 rings (SSSR count). The monoisotopic (exact) mass is 279 g/mol. The van der Waals surface area contributed by atoms with Gasteiger partial charge in [0, 0.05) is 5.56 Å². The highest BCUT2D eigenvalue weighted by Gasteiger charge is 2.37. The Morgan fingerprint density at radius 3 is 2.32 bits per heavy atom. The van der Waals surface area contributed by atoms with Gasteiger partial charge in [0.15, 0.2) is 0 Å². The van der Waals surface area contributed by atoms with Crippen molar-refractivity contribution < 1.29 is 31.5 Å². The third-order valence-electron chi connectivity index (χ3n) is 2.28. The number of carbonyl (C=O) groups is 1. The van der Waals surface area contributed by atoms with Crippen LogP contribution in [-0.4, -0.2) is 13.1 Å². The minimum atomic E-state index is -4.94. The molecule has 0 aliphatic rings. The number of hydrogen-bond acceptors (Lipinski definition) is 3. The predicted octanol–water partition coefficient (Wildman–Crippen LogP) is 3.30. The summed E-state index contributed by atoms with van der Waals surface area (Å²) in [5.41, 5.74) is -4.66. The number of benzene rings is 1. The average molecular weight is 279 g/mol. The first-order valence-corrected chi connectivity index (χ1v) is 4.74. The van der Waals surface area contributed by atoms with E-state index in [1.54, 1.807) is 0 Å². The van der Waals surface area contributed by atoms with Crippen LogP contribution in [0.15, 0.2) is 12.1 Å². The van der Waals surface area contributed by atoms with Gasteiger partial charge < -0.3 is 4.74 Å². The molecule has 0 bridgehead atoms. The number of carbonyl (C=O) groups excluding carboxylic acids is 1. The average Bonchev–Trinajstić information content (AvgIpc) is 2.34. The molecule has 1 aromatic rings. The molecule has 0 unspecified atom stereocenters. The Morgan fingerprint density at radius 2 is 1.95 bits per heavy atom. The van der Waals surface area contributed by atoms with Gasteiger partial charge in [0.1, 0.15) is 6.07 Å². The molecule has 0 aromatic heterocycles. The maximum atomic E-state index is 12.7. The lowest BCUT2D eigenvalue weighted by Gasteiger charge is -2.14. The highest BCUT2D eigenvalue weighted by Crippen LogP contribution is 2.36. The highest BCUT2D eigenvalue weighted by atomic mass is 19.4. The normalized spacial score (nSPS) is 11.3. The minimum Gasteiger partial charge on any atom is -0.465 e. The predicted molar refractivity (Wildman–Crippen MR) is 52.5 cm³/mol. The van der Waals surface area contributed by atoms with Crippen molar-refractivity contribution in [3.8, 4) is 6.07 Å². The summed E-state index contributed by atoms with van der Waals surface area (Å²) in [7, 11) is 0.818. The number of esters is 1. The first kappa shape index (κ1) is 14.9. The van der Waals surface area contributed by atoms with E-state index in [4.69, 9.17) is 5.26 Å². The van der Waals surface area contributed by atoms with Gasteiger partial charge in [0.2, 0.25) is 0 Å². The number of methoxy groups -OCH3 is 1. The number of nitriles is 1. The molecular weight excluding hydrogens is 273 g/mol. The van der Waals surface area contributed by atoms with E-state index in [0.717, 1.165) is 13.2 Å². The van der Waals surface area contributed by atoms with Gasteiger partial charge in [0.05, 0.1) is 23.8 Å². The van der Waals surface area contributed by atoms with E-state index in [0.29, 0.717) is 12.1 Å². The number of alkyl halides is 5. The van der Waals surface area contributed by atoms with E-state index < -0.39 is 40.8 Å². The largest absolute Gasteiger partial charge is 0.465 e. The lowest BCUT2D eigenvalue weighted by atomic mass is 9.96. The third-order valence-corrected chi connectivity index (χ3v) is 2.28. The van der Waals surface area contributed by atoms with Crippen LogP contribution in [0, 0.1) is 11.3 Å². The zero-order chi connectivity index (χ0) is 14.8. The summed E-state index contributed by atoms with van der Waals surface area (Å²) in [6, 6.07) is 1.93. The minimum absolute atomic E-state index is 0.340. The first-order valence-electron chi connectivity index (χ1n) is 4.74. The van der Waals surface area contributed by atoms with Gasteiger partial charge in [-0.05, 0) is 6.07 Å². The molecule has 19 heavy (non-hydrogen) atoms. The van der Waals surface area contributed by atoms with Gasteiger partial charge in [0.25, 0.3) is 6.43 Å². The lowest BCUT2D eigenvalue weighted by molar-refractivity contribution is -0.137. The quantitative estimate of drug-likeness (QED) is 0.616. The number of ether oxygens (including phenoxy) is 1. The van der Waals surface area contributed by atoms with Gasteiger partial charge in [-0.3, -0.25) is 0 Å². The molecule has 3 nitrogen and oxygen atoms in total. The number of halogens is 5. The Kier molecular flexibility index (Phi) is 4.09. The van der Waals surface area contributed by atoms with Crippen LogP contribution >= 0.6 is 0 Å². The van der Waals surface area contributed by atoms with Gasteiger partial charge in [-0.2, -0.15) is 18.4 Å². The molecule has 0 fully saturated rings. The lowest BCUT2D eigenvalue weighted by Crippen LogP contribution is -2.15. The summed E-state index contributed by atoms with van der Waals surface area (Å²) in [6.07, 6.45) is -8.14. The Bertz CT molecular complexity index is 545. The van der Waals surface area contributed by atoms with Crippen molar-refractivity contribution in [1.82, 2.24) is 0 Å². The summed E-state index contributed by atoms with van der Waals surface area (Å²) in [5, 5.41) is 8.71. The van der Waals surface area contributed by atoms with Gasteiger partial charge in [-0.1, -0.05) is 6.07 Å². The molecule has 102 valence electrons. The number of rotatable bonds is 2. The molecule has 0 radical (unpaired) electrons. The summed E-state index contributed by atoms with van der Waals surface area (Å²) in [6.45, 7) is 0. The first-order chi connectivity index (χ1) is 8.73. The van der Waals surface area contributed by atoms with Crippen molar-refractivity contribution in [2.45, 2.75) is 12.6 Å². The van der Waals surface area contributed by atoms with Crippen molar-refractivity contribution in [3.63, 3.8) is 0 Å². The molecule has 0 aliphatic heterocycles. The molecule has 0 heterocycles. The number of nitrogens with zero attached hydrogens (tertiary/aromatic N) is 1. The van der Waals surface area contributed by atoms with Crippen LogP contribution in [0.5, 0.6) is 0 Å². The van der Waals surface area contributed by atoms with Crippen LogP contribution in [0.2, 0.25) is 0 Å². The van der Waals surface area contributed by atoms with Crippen LogP contribution < -0.4 is 0 Å². The summed E-state index contributed by atoms with van der Waals surface area (Å²) in [5.74, 6) is -1.42. The summed E-state index contributed by atoms with van der Waals surface area (Å²) < 4.78 is 67.4. The molecule has 1 aromatic carbocycles. The fraction of sp³-hybridized carbons (Fsp3) is 0.273. The van der Waals surface area contributed by atoms with Crippen LogP contribution in [0.3, 0.4) is 0 Å². The smallest absolute Gasteiger partial charge is 0.417 e. The zero-order valence-corrected chi connectivity index (χ0v) is 9.39. The van der Waals surface area contributed by atoms with Crippen molar-refractivity contribution in [1.29, 1.82) is 5.26 Å². The van der Waals surface area contributed by atoms with E-state index in [-0.39, 0.29) is 0 Å². The fourth-order valence-electron chi connectivity index (χ4n) is 1.47. The second kappa shape index (κ2) is 5.22. The van der Waals surface area contributed by atoms with Crippen molar-refractivity contribution in [2.24, 2.45) is 0 Å². The Morgan fingerprint density at radius 1 is 1.37 bits per heavy atom. The summed E-state index contributed by atoms with van der Waals surface area (Å²) >= 11 is 0. The molecular formula is C11H6F5NO2. The standard InChI is InChI=1S/C11H6F5NO2/c1-19-10(18)8-5(9(12)13)2-3-7(6(8)4-17)11(14,15)16/h2-3,9H,1H3. The van der Waals surface area contributed by atoms with E-state index in [1.807, 2.05) is 0 Å². The second-order valence-electron chi connectivity index (χ2n) is 3.35. The number of hydrogen-bond donors (Lipinski definition) is 0. The van der Waals surface area contributed by atoms with Gasteiger partial charge in [-0.25, -0.2) is 13.6 Å². The molecule has 0 N–H and O–H groups in total. The van der Waals surface area contributed by atoms with Crippen LogP contribution in [0.1, 0.15) is 33.5 Å². The van der Waals surface area contributed by atoms with Gasteiger partial charge in [-0.15, -0.1) is 0 Å². The molecule has 0 amide bonds. The zero-order valence-electron chi connectivity index (χ0n) is 9.39. The van der Waals surface area contributed by atoms with Crippen LogP contribution in [0.4, 0.5) is 22.0 Å². The maximum absolute atomic E-state index is 12.7. The molecule has 0 saturated heterocycles. The van der Waals surface area contributed by atoms with Gasteiger partial charge >= 0.3 is 12.1 Å². The van der Waals surface area contributed by atoms with E-state index in [2.05, 4.69) is 4.74 Å².